The van der Waals surface area contributed by atoms with Crippen LogP contribution in [0.4, 0.5) is 0 Å². The van der Waals surface area contributed by atoms with Gasteiger partial charge in [-0.25, -0.2) is 0 Å². The molecule has 5 nitrogen and oxygen atoms in total. The largest absolute Gasteiger partial charge is 0.493 e. The lowest BCUT2D eigenvalue weighted by Crippen LogP contribution is -2.27. The molecule has 2 aliphatic rings. The molecule has 0 radical (unpaired) electrons. The summed E-state index contributed by atoms with van der Waals surface area (Å²) in [4.78, 5) is 12.8. The first-order chi connectivity index (χ1) is 9.24. The highest BCUT2D eigenvalue weighted by molar-refractivity contribution is 5.99. The monoisotopic (exact) mass is 264 g/mol. The van der Waals surface area contributed by atoms with Gasteiger partial charge in [0.05, 0.1) is 31.4 Å². The van der Waals surface area contributed by atoms with Crippen LogP contribution in [0, 0.1) is 5.92 Å². The average molecular weight is 264 g/mol. The number of rotatable bonds is 5. The third-order valence-electron chi connectivity index (χ3n) is 4.14. The van der Waals surface area contributed by atoms with E-state index in [2.05, 4.69) is 12.0 Å². The van der Waals surface area contributed by atoms with Gasteiger partial charge in [0.15, 0.2) is 11.5 Å². The van der Waals surface area contributed by atoms with Crippen LogP contribution >= 0.6 is 0 Å². The number of hydrogen-bond donors (Lipinski definition) is 0. The highest BCUT2D eigenvalue weighted by Crippen LogP contribution is 2.41. The number of ether oxygens (including phenoxy) is 2. The Morgan fingerprint density at radius 3 is 3.00 bits per heavy atom. The van der Waals surface area contributed by atoms with Gasteiger partial charge < -0.3 is 9.47 Å². The maximum Gasteiger partial charge on any atom is 0.190 e. The lowest BCUT2D eigenvalue weighted by atomic mass is 9.85. The van der Waals surface area contributed by atoms with Gasteiger partial charge in [0.1, 0.15) is 5.69 Å². The molecule has 104 valence electrons. The van der Waals surface area contributed by atoms with E-state index in [0.717, 1.165) is 32.2 Å². The van der Waals surface area contributed by atoms with E-state index in [1.54, 1.807) is 18.0 Å². The molecule has 1 aromatic heterocycles. The van der Waals surface area contributed by atoms with Crippen LogP contribution in [-0.2, 0) is 11.3 Å². The van der Waals surface area contributed by atoms with E-state index in [-0.39, 0.29) is 23.9 Å². The molecule has 0 N–H and O–H groups in total. The van der Waals surface area contributed by atoms with Crippen molar-refractivity contribution in [2.45, 2.75) is 51.4 Å². The minimum absolute atomic E-state index is 0.0139. The smallest absolute Gasteiger partial charge is 0.190 e. The van der Waals surface area contributed by atoms with Crippen LogP contribution in [0.5, 0.6) is 5.75 Å². The van der Waals surface area contributed by atoms with Gasteiger partial charge in [-0.2, -0.15) is 5.10 Å². The second-order valence-electron chi connectivity index (χ2n) is 5.37. The van der Waals surface area contributed by atoms with Gasteiger partial charge in [-0.1, -0.05) is 6.92 Å². The minimum atomic E-state index is -0.0139. The van der Waals surface area contributed by atoms with Crippen LogP contribution in [-0.4, -0.2) is 34.9 Å². The summed E-state index contributed by atoms with van der Waals surface area (Å²) in [5, 5.41) is 4.26. The molecule has 3 heterocycles. The Bertz CT molecular complexity index is 483. The van der Waals surface area contributed by atoms with Gasteiger partial charge in [0, 0.05) is 6.54 Å². The van der Waals surface area contributed by atoms with Crippen molar-refractivity contribution in [3.63, 3.8) is 0 Å². The Kier molecular flexibility index (Phi) is 3.31. The first kappa shape index (κ1) is 12.7. The molecule has 0 spiro atoms. The van der Waals surface area contributed by atoms with Gasteiger partial charge in [-0.3, -0.25) is 9.48 Å². The fraction of sp³-hybridized carbons (Fsp3) is 0.714. The molecule has 19 heavy (non-hydrogen) atoms. The molecule has 0 aromatic carbocycles. The summed E-state index contributed by atoms with van der Waals surface area (Å²) >= 11 is 0. The van der Waals surface area contributed by atoms with Crippen LogP contribution in [0.1, 0.15) is 43.1 Å². The van der Waals surface area contributed by atoms with Crippen molar-refractivity contribution in [1.29, 1.82) is 0 Å². The van der Waals surface area contributed by atoms with Crippen molar-refractivity contribution in [2.75, 3.05) is 7.11 Å². The first-order valence-corrected chi connectivity index (χ1v) is 7.04. The Morgan fingerprint density at radius 1 is 1.58 bits per heavy atom. The number of Topliss-reactive ketones (excluding diaryl/α,β-unsaturated/α-hetero) is 1. The zero-order valence-electron chi connectivity index (χ0n) is 11.5. The molecule has 3 rings (SSSR count). The molecule has 3 unspecified atom stereocenters. The third-order valence-corrected chi connectivity index (χ3v) is 4.14. The van der Waals surface area contributed by atoms with Crippen LogP contribution in [0.15, 0.2) is 6.20 Å². The summed E-state index contributed by atoms with van der Waals surface area (Å²) in [6.07, 6.45) is 5.92. The van der Waals surface area contributed by atoms with Gasteiger partial charge >= 0.3 is 0 Å². The number of fused-ring (bicyclic) bond motifs is 2. The molecule has 2 aliphatic heterocycles. The molecule has 0 aliphatic carbocycles. The van der Waals surface area contributed by atoms with E-state index in [1.807, 2.05) is 0 Å². The first-order valence-electron chi connectivity index (χ1n) is 7.04. The number of carbonyl (C=O) groups is 1. The zero-order chi connectivity index (χ0) is 13.4. The fourth-order valence-electron chi connectivity index (χ4n) is 3.24. The van der Waals surface area contributed by atoms with Gasteiger partial charge in [-0.05, 0) is 25.7 Å². The summed E-state index contributed by atoms with van der Waals surface area (Å²) < 4.78 is 12.8. The summed E-state index contributed by atoms with van der Waals surface area (Å²) in [5.41, 5.74) is 0.616. The maximum absolute atomic E-state index is 12.8. The Hall–Kier alpha value is -1.36. The van der Waals surface area contributed by atoms with Crippen molar-refractivity contribution in [1.82, 2.24) is 9.78 Å². The number of hydrogen-bond acceptors (Lipinski definition) is 4. The minimum Gasteiger partial charge on any atom is -0.493 e. The maximum atomic E-state index is 12.8. The molecular weight excluding hydrogens is 244 g/mol. The van der Waals surface area contributed by atoms with Gasteiger partial charge in [0.25, 0.3) is 0 Å². The highest BCUT2D eigenvalue weighted by atomic mass is 16.5. The summed E-state index contributed by atoms with van der Waals surface area (Å²) in [6.45, 7) is 2.81. The van der Waals surface area contributed by atoms with E-state index >= 15 is 0 Å². The normalized spacial score (nSPS) is 28.8. The number of carbonyl (C=O) groups excluding carboxylic acids is 1. The highest BCUT2D eigenvalue weighted by Gasteiger charge is 2.45. The van der Waals surface area contributed by atoms with Gasteiger partial charge in [0.2, 0.25) is 0 Å². The van der Waals surface area contributed by atoms with Crippen LogP contribution in [0.2, 0.25) is 0 Å². The number of nitrogens with zero attached hydrogens (tertiary/aromatic N) is 2. The van der Waals surface area contributed by atoms with E-state index in [4.69, 9.17) is 9.47 Å². The van der Waals surface area contributed by atoms with E-state index in [9.17, 15) is 4.79 Å². The SMILES string of the molecule is CCCn1ncc(OC)c1C(=O)C1CC2CCC1O2. The zero-order valence-corrected chi connectivity index (χ0v) is 11.5. The standard InChI is InChI=1S/C14H20N2O3/c1-3-6-16-13(12(18-2)8-15-16)14(17)10-7-9-4-5-11(10)19-9/h8-11H,3-7H2,1-2H3. The average Bonchev–Trinajstić information content (AvgIpc) is 3.12. The molecule has 1 aromatic rings. The van der Waals surface area contributed by atoms with E-state index in [0.29, 0.717) is 11.4 Å². The predicted octanol–water partition coefficient (Wildman–Crippen LogP) is 2.05. The third kappa shape index (κ3) is 2.06. The second-order valence-corrected chi connectivity index (χ2v) is 5.37. The van der Waals surface area contributed by atoms with Crippen LogP contribution in [0.25, 0.3) is 0 Å². The van der Waals surface area contributed by atoms with E-state index < -0.39 is 0 Å². The lowest BCUT2D eigenvalue weighted by Gasteiger charge is -2.18. The van der Waals surface area contributed by atoms with Crippen LogP contribution < -0.4 is 4.74 Å². The Balaban J connectivity index is 1.88. The topological polar surface area (TPSA) is 53.4 Å². The number of ketones is 1. The number of methoxy groups -OCH3 is 1. The predicted molar refractivity (Wildman–Crippen MR) is 69.4 cm³/mol. The summed E-state index contributed by atoms with van der Waals surface area (Å²) in [5.74, 6) is 0.705. The second kappa shape index (κ2) is 4.96. The fourth-order valence-corrected chi connectivity index (χ4v) is 3.24. The van der Waals surface area contributed by atoms with Crippen molar-refractivity contribution >= 4 is 5.78 Å². The van der Waals surface area contributed by atoms with Gasteiger partial charge in [-0.15, -0.1) is 0 Å². The van der Waals surface area contributed by atoms with Crippen molar-refractivity contribution in [3.05, 3.63) is 11.9 Å². The molecule has 2 bridgehead atoms. The Morgan fingerprint density at radius 2 is 2.42 bits per heavy atom. The molecule has 0 saturated carbocycles. The number of aryl methyl sites for hydroxylation is 1. The quantitative estimate of drug-likeness (QED) is 0.764. The van der Waals surface area contributed by atoms with E-state index in [1.165, 1.54) is 0 Å². The molecule has 2 fully saturated rings. The summed E-state index contributed by atoms with van der Waals surface area (Å²) in [6, 6.07) is 0. The summed E-state index contributed by atoms with van der Waals surface area (Å²) in [7, 11) is 1.58. The van der Waals surface area contributed by atoms with Crippen LogP contribution in [0.3, 0.4) is 0 Å². The lowest BCUT2D eigenvalue weighted by molar-refractivity contribution is 0.0733. The molecule has 2 saturated heterocycles. The molecule has 5 heteroatoms. The molecule has 0 amide bonds. The molecular formula is C14H20N2O3. The molecule has 3 atom stereocenters. The van der Waals surface area contributed by atoms with Crippen molar-refractivity contribution in [3.8, 4) is 5.75 Å². The van der Waals surface area contributed by atoms with Crippen molar-refractivity contribution < 1.29 is 14.3 Å². The van der Waals surface area contributed by atoms with Crippen molar-refractivity contribution in [2.24, 2.45) is 5.92 Å². The Labute approximate surface area is 112 Å². The number of aromatic nitrogens is 2.